The average Bonchev–Trinajstić information content (AvgIpc) is 2.75. The Morgan fingerprint density at radius 2 is 2.05 bits per heavy atom. The van der Waals surface area contributed by atoms with E-state index in [2.05, 4.69) is 5.32 Å². The Bertz CT molecular complexity index is 554. The van der Waals surface area contributed by atoms with Crippen molar-refractivity contribution in [2.24, 2.45) is 11.8 Å². The number of nitrogens with zero attached hydrogens (tertiary/aromatic N) is 1. The molecule has 2 aliphatic rings. The molecule has 1 aromatic carbocycles. The first-order valence-electron chi connectivity index (χ1n) is 6.94. The Hall–Kier alpha value is -1.88. The molecule has 5 nitrogen and oxygen atoms in total. The third-order valence-electron chi connectivity index (χ3n) is 4.41. The quantitative estimate of drug-likeness (QED) is 0.858. The minimum atomic E-state index is -0.937. The first-order chi connectivity index (χ1) is 9.59. The molecular formula is C15H18N2O3. The molecule has 0 saturated carbocycles. The number of carbonyl (C=O) groups excluding carboxylic acids is 1. The van der Waals surface area contributed by atoms with E-state index in [0.29, 0.717) is 12.3 Å². The molecule has 5 heteroatoms. The van der Waals surface area contributed by atoms with E-state index in [-0.39, 0.29) is 11.8 Å². The second-order valence-electron chi connectivity index (χ2n) is 5.60. The summed E-state index contributed by atoms with van der Waals surface area (Å²) in [7, 11) is 0. The fourth-order valence-corrected chi connectivity index (χ4v) is 2.94. The van der Waals surface area contributed by atoms with Gasteiger partial charge in [0.05, 0.1) is 0 Å². The Morgan fingerprint density at radius 3 is 2.65 bits per heavy atom. The summed E-state index contributed by atoms with van der Waals surface area (Å²) in [5.41, 5.74) is 1.69. The molecular weight excluding hydrogens is 256 g/mol. The predicted molar refractivity (Wildman–Crippen MR) is 74.6 cm³/mol. The van der Waals surface area contributed by atoms with Crippen LogP contribution in [0.2, 0.25) is 0 Å². The number of nitrogens with one attached hydrogen (secondary N) is 1. The van der Waals surface area contributed by atoms with Crippen LogP contribution in [0.3, 0.4) is 0 Å². The maximum absolute atomic E-state index is 12.7. The second kappa shape index (κ2) is 4.90. The fraction of sp³-hybridized carbons (Fsp3) is 0.467. The molecule has 0 bridgehead atoms. The van der Waals surface area contributed by atoms with Crippen molar-refractivity contribution in [2.75, 3.05) is 18.0 Å². The number of fused-ring (bicyclic) bond motifs is 1. The molecule has 2 N–H and O–H groups in total. The lowest BCUT2D eigenvalue weighted by Gasteiger charge is -2.35. The van der Waals surface area contributed by atoms with Gasteiger partial charge in [0.25, 0.3) is 0 Å². The van der Waals surface area contributed by atoms with Crippen LogP contribution in [0.25, 0.3) is 0 Å². The Morgan fingerprint density at radius 1 is 1.35 bits per heavy atom. The van der Waals surface area contributed by atoms with Crippen LogP contribution in [0, 0.1) is 11.8 Å². The molecule has 1 fully saturated rings. The van der Waals surface area contributed by atoms with Crippen LogP contribution in [0.15, 0.2) is 24.3 Å². The van der Waals surface area contributed by atoms with E-state index in [4.69, 9.17) is 0 Å². The average molecular weight is 274 g/mol. The number of rotatable bonds is 3. The molecule has 2 atom stereocenters. The standard InChI is InChI=1S/C15H18N2O3/c1-9(11-7-16-8-11)14(18)17-12-5-3-2-4-10(12)6-13(17)15(19)20/h2-5,9,11,13,16H,6-8H2,1H3,(H,19,20)/t9?,13-/m0/s1. The third-order valence-corrected chi connectivity index (χ3v) is 4.41. The third kappa shape index (κ3) is 1.98. The molecule has 0 aromatic heterocycles. The van der Waals surface area contributed by atoms with Crippen molar-refractivity contribution < 1.29 is 14.7 Å². The number of carbonyl (C=O) groups is 2. The summed E-state index contributed by atoms with van der Waals surface area (Å²) in [5.74, 6) is -0.851. The van der Waals surface area contributed by atoms with Gasteiger partial charge in [-0.2, -0.15) is 0 Å². The Balaban J connectivity index is 1.91. The summed E-state index contributed by atoms with van der Waals surface area (Å²) < 4.78 is 0. The van der Waals surface area contributed by atoms with Crippen LogP contribution in [0.5, 0.6) is 0 Å². The lowest BCUT2D eigenvalue weighted by atomic mass is 9.87. The number of carboxylic acid groups (broad SMARTS) is 1. The van der Waals surface area contributed by atoms with E-state index in [1.165, 1.54) is 4.90 Å². The first-order valence-corrected chi connectivity index (χ1v) is 6.94. The van der Waals surface area contributed by atoms with E-state index < -0.39 is 12.0 Å². The summed E-state index contributed by atoms with van der Waals surface area (Å²) in [4.78, 5) is 25.6. The summed E-state index contributed by atoms with van der Waals surface area (Å²) >= 11 is 0. The highest BCUT2D eigenvalue weighted by Gasteiger charge is 2.42. The minimum Gasteiger partial charge on any atom is -0.480 e. The maximum Gasteiger partial charge on any atom is 0.327 e. The van der Waals surface area contributed by atoms with Crippen molar-refractivity contribution in [1.29, 1.82) is 0 Å². The SMILES string of the molecule is CC(C(=O)N1c2ccccc2C[C@H]1C(=O)O)C1CNC1. The molecule has 1 unspecified atom stereocenters. The van der Waals surface area contributed by atoms with E-state index in [9.17, 15) is 14.7 Å². The van der Waals surface area contributed by atoms with E-state index in [0.717, 1.165) is 24.3 Å². The number of carboxylic acids is 1. The summed E-state index contributed by atoms with van der Waals surface area (Å²) in [6, 6.07) is 6.69. The van der Waals surface area contributed by atoms with Crippen LogP contribution in [-0.4, -0.2) is 36.1 Å². The number of para-hydroxylation sites is 1. The van der Waals surface area contributed by atoms with Gasteiger partial charge in [-0.15, -0.1) is 0 Å². The maximum atomic E-state index is 12.7. The van der Waals surface area contributed by atoms with Gasteiger partial charge >= 0.3 is 5.97 Å². The van der Waals surface area contributed by atoms with Crippen molar-refractivity contribution in [3.8, 4) is 0 Å². The molecule has 1 amide bonds. The van der Waals surface area contributed by atoms with Crippen LogP contribution in [0.1, 0.15) is 12.5 Å². The Labute approximate surface area is 117 Å². The van der Waals surface area contributed by atoms with E-state index in [1.807, 2.05) is 31.2 Å². The van der Waals surface area contributed by atoms with Crippen molar-refractivity contribution in [1.82, 2.24) is 5.32 Å². The largest absolute Gasteiger partial charge is 0.480 e. The van der Waals surface area contributed by atoms with Gasteiger partial charge in [-0.25, -0.2) is 4.79 Å². The molecule has 3 rings (SSSR count). The van der Waals surface area contributed by atoms with Gasteiger partial charge in [0.15, 0.2) is 0 Å². The van der Waals surface area contributed by atoms with Gasteiger partial charge in [0, 0.05) is 18.0 Å². The van der Waals surface area contributed by atoms with Gasteiger partial charge < -0.3 is 10.4 Å². The zero-order valence-corrected chi connectivity index (χ0v) is 11.4. The van der Waals surface area contributed by atoms with Gasteiger partial charge in [-0.05, 0) is 30.6 Å². The summed E-state index contributed by atoms with van der Waals surface area (Å²) in [5, 5.41) is 12.5. The van der Waals surface area contributed by atoms with Crippen molar-refractivity contribution in [3.63, 3.8) is 0 Å². The van der Waals surface area contributed by atoms with Crippen molar-refractivity contribution >= 4 is 17.6 Å². The van der Waals surface area contributed by atoms with Crippen molar-refractivity contribution in [2.45, 2.75) is 19.4 Å². The van der Waals surface area contributed by atoms with Crippen LogP contribution in [-0.2, 0) is 16.0 Å². The summed E-state index contributed by atoms with van der Waals surface area (Å²) in [6.45, 7) is 3.56. The molecule has 2 heterocycles. The summed E-state index contributed by atoms with van der Waals surface area (Å²) in [6.07, 6.45) is 0.396. The normalized spacial score (nSPS) is 23.1. The number of aliphatic carboxylic acids is 1. The highest BCUT2D eigenvalue weighted by Crippen LogP contribution is 2.34. The first kappa shape index (κ1) is 13.1. The molecule has 2 aliphatic heterocycles. The number of amides is 1. The molecule has 106 valence electrons. The van der Waals surface area contributed by atoms with Gasteiger partial charge in [-0.1, -0.05) is 25.1 Å². The second-order valence-corrected chi connectivity index (χ2v) is 5.60. The minimum absolute atomic E-state index is 0.0751. The molecule has 1 saturated heterocycles. The molecule has 0 spiro atoms. The van der Waals surface area contributed by atoms with E-state index in [1.54, 1.807) is 0 Å². The zero-order valence-electron chi connectivity index (χ0n) is 11.4. The number of hydrogen-bond donors (Lipinski definition) is 2. The van der Waals surface area contributed by atoms with Crippen LogP contribution in [0.4, 0.5) is 5.69 Å². The predicted octanol–water partition coefficient (Wildman–Crippen LogP) is 0.884. The monoisotopic (exact) mass is 274 g/mol. The zero-order chi connectivity index (χ0) is 14.3. The van der Waals surface area contributed by atoms with Crippen LogP contribution >= 0.6 is 0 Å². The smallest absolute Gasteiger partial charge is 0.327 e. The van der Waals surface area contributed by atoms with Gasteiger partial charge in [-0.3, -0.25) is 9.69 Å². The Kier molecular flexibility index (Phi) is 3.22. The molecule has 0 aliphatic carbocycles. The lowest BCUT2D eigenvalue weighted by Crippen LogP contribution is -2.53. The molecule has 20 heavy (non-hydrogen) atoms. The number of hydrogen-bond acceptors (Lipinski definition) is 3. The molecule has 1 aromatic rings. The van der Waals surface area contributed by atoms with Crippen LogP contribution < -0.4 is 10.2 Å². The van der Waals surface area contributed by atoms with Gasteiger partial charge in [0.1, 0.15) is 6.04 Å². The molecule has 0 radical (unpaired) electrons. The lowest BCUT2D eigenvalue weighted by molar-refractivity contribution is -0.140. The topological polar surface area (TPSA) is 69.6 Å². The van der Waals surface area contributed by atoms with Gasteiger partial charge in [0.2, 0.25) is 5.91 Å². The highest BCUT2D eigenvalue weighted by atomic mass is 16.4. The van der Waals surface area contributed by atoms with Crippen molar-refractivity contribution in [3.05, 3.63) is 29.8 Å². The highest BCUT2D eigenvalue weighted by molar-refractivity contribution is 6.03. The van der Waals surface area contributed by atoms with E-state index >= 15 is 0 Å². The number of benzene rings is 1. The fourth-order valence-electron chi connectivity index (χ4n) is 2.94. The number of anilines is 1.